The maximum atomic E-state index is 0. The zero-order chi connectivity index (χ0) is 0. The van der Waals surface area contributed by atoms with Gasteiger partial charge in [0.25, 0.3) is 0 Å². The summed E-state index contributed by atoms with van der Waals surface area (Å²) in [6, 6.07) is 0. The fourth-order valence-corrected chi connectivity index (χ4v) is 0. The molecule has 2 nitrogen and oxygen atoms in total. The van der Waals surface area contributed by atoms with Crippen molar-refractivity contribution in [1.29, 1.82) is 0 Å². The second-order valence-corrected chi connectivity index (χ2v) is 0. The Bertz CT molecular complexity index is 6.00. The number of hydrogen-bond donors (Lipinski definition) is 0. The molecule has 4 N–H and O–H groups in total. The van der Waals surface area contributed by atoms with Gasteiger partial charge < -0.3 is 11.0 Å². The van der Waals surface area contributed by atoms with Gasteiger partial charge in [-0.1, -0.05) is 0 Å². The van der Waals surface area contributed by atoms with E-state index in [4.69, 9.17) is 0 Å². The first-order valence-electron chi connectivity index (χ1n) is 0. The molecule has 4 heavy (non-hydrogen) atoms. The number of rotatable bonds is 0. The Morgan fingerprint density at radius 1 is 0.750 bits per heavy atom. The van der Waals surface area contributed by atoms with Gasteiger partial charge in [-0.2, -0.15) is 0 Å². The van der Waals surface area contributed by atoms with Crippen LogP contribution in [0, 0.1) is 0 Å². The standard InChI is InChI=1S/Al.2H2O.Zr.3H/h;2*1H2;;;;. The molecule has 0 bridgehead atoms. The van der Waals surface area contributed by atoms with E-state index in [-0.39, 0.29) is 54.5 Å². The zero-order valence-electron chi connectivity index (χ0n) is 1.50. The van der Waals surface area contributed by atoms with Gasteiger partial charge in [0.05, 0.1) is 0 Å². The van der Waals surface area contributed by atoms with Crippen molar-refractivity contribution >= 4 is 17.4 Å². The Kier molecular flexibility index (Phi) is 380. The van der Waals surface area contributed by atoms with Gasteiger partial charge in [0.2, 0.25) is 0 Å². The van der Waals surface area contributed by atoms with Crippen LogP contribution in [-0.4, -0.2) is 28.3 Å². The predicted octanol–water partition coefficient (Wildman–Crippen LogP) is -2.84. The first kappa shape index (κ1) is 56.2. The zero-order valence-corrected chi connectivity index (χ0v) is 3.96. The van der Waals surface area contributed by atoms with E-state index in [2.05, 4.69) is 0 Å². The normalized spacial score (nSPS) is 0. The maximum Gasteiger partial charge on any atom is 0.187 e. The summed E-state index contributed by atoms with van der Waals surface area (Å²) in [6.45, 7) is 0. The van der Waals surface area contributed by atoms with E-state index in [0.717, 1.165) is 0 Å². The van der Waals surface area contributed by atoms with Crippen LogP contribution in [0.25, 0.3) is 0 Å². The average molecular weight is 157 g/mol. The van der Waals surface area contributed by atoms with Crippen molar-refractivity contribution in [2.24, 2.45) is 0 Å². The third-order valence-corrected chi connectivity index (χ3v) is 0. The third-order valence-electron chi connectivity index (χ3n) is 0. The van der Waals surface area contributed by atoms with Gasteiger partial charge in [0.15, 0.2) is 17.4 Å². The minimum absolute atomic E-state index is 0. The van der Waals surface area contributed by atoms with Crippen LogP contribution in [-0.2, 0) is 26.2 Å². The van der Waals surface area contributed by atoms with Crippen LogP contribution >= 0.6 is 0 Å². The van der Waals surface area contributed by atoms with Crippen molar-refractivity contribution in [3.8, 4) is 0 Å². The molecule has 0 aliphatic rings. The van der Waals surface area contributed by atoms with E-state index in [1.165, 1.54) is 0 Å². The second-order valence-electron chi connectivity index (χ2n) is 0. The monoisotopic (exact) mass is 156 g/mol. The molecule has 0 fully saturated rings. The molecule has 26 valence electrons. The van der Waals surface area contributed by atoms with Gasteiger partial charge in [-0.25, -0.2) is 0 Å². The molecule has 0 rings (SSSR count). The molecule has 0 aliphatic carbocycles. The Morgan fingerprint density at radius 3 is 0.750 bits per heavy atom. The van der Waals surface area contributed by atoms with Crippen molar-refractivity contribution in [1.82, 2.24) is 0 Å². The van der Waals surface area contributed by atoms with Crippen molar-refractivity contribution in [3.63, 3.8) is 0 Å². The fourth-order valence-electron chi connectivity index (χ4n) is 0. The van der Waals surface area contributed by atoms with Crippen LogP contribution in [0.4, 0.5) is 0 Å². The smallest absolute Gasteiger partial charge is 0.187 e. The van der Waals surface area contributed by atoms with E-state index < -0.39 is 0 Å². The molecule has 0 aromatic carbocycles. The Labute approximate surface area is 54.5 Å². The molecule has 0 aliphatic heterocycles. The molecular weight excluding hydrogens is 150 g/mol. The average Bonchev–Trinajstić information content (AvgIpc) is 0. The second kappa shape index (κ2) is 27.0. The van der Waals surface area contributed by atoms with Crippen LogP contribution in [0.1, 0.15) is 0 Å². The van der Waals surface area contributed by atoms with Crippen LogP contribution in [0.3, 0.4) is 0 Å². The fraction of sp³-hybridized carbons (Fsp3) is 0. The minimum Gasteiger partial charge on any atom is -0.412 e. The summed E-state index contributed by atoms with van der Waals surface area (Å²) in [5.41, 5.74) is 0. The Morgan fingerprint density at radius 2 is 0.750 bits per heavy atom. The quantitative estimate of drug-likeness (QED) is 0.340. The maximum absolute atomic E-state index is 0. The Balaban J connectivity index is 0. The molecule has 0 saturated heterocycles. The summed E-state index contributed by atoms with van der Waals surface area (Å²) < 4.78 is 0. The molecule has 0 aromatic rings. The van der Waals surface area contributed by atoms with Crippen molar-refractivity contribution < 1.29 is 37.2 Å². The van der Waals surface area contributed by atoms with Crippen molar-refractivity contribution in [3.05, 3.63) is 0 Å². The summed E-state index contributed by atoms with van der Waals surface area (Å²) in [5.74, 6) is 0. The SMILES string of the molecule is O.O.[AlH3].[Zr]. The summed E-state index contributed by atoms with van der Waals surface area (Å²) in [4.78, 5) is 0. The van der Waals surface area contributed by atoms with Gasteiger partial charge in [-0.05, 0) is 0 Å². The summed E-state index contributed by atoms with van der Waals surface area (Å²) in [5, 5.41) is 0. The van der Waals surface area contributed by atoms with E-state index in [1.54, 1.807) is 0 Å². The summed E-state index contributed by atoms with van der Waals surface area (Å²) >= 11 is 0. The van der Waals surface area contributed by atoms with Gasteiger partial charge >= 0.3 is 0 Å². The van der Waals surface area contributed by atoms with Gasteiger partial charge in [-0.3, -0.25) is 0 Å². The molecule has 0 spiro atoms. The van der Waals surface area contributed by atoms with Crippen LogP contribution < -0.4 is 0 Å². The molecule has 0 saturated carbocycles. The third kappa shape index (κ3) is 10.2. The summed E-state index contributed by atoms with van der Waals surface area (Å²) in [6.07, 6.45) is 0. The first-order valence-corrected chi connectivity index (χ1v) is 0. The molecular formula is H7AlO2Zr. The largest absolute Gasteiger partial charge is 0.412 e. The van der Waals surface area contributed by atoms with E-state index in [0.29, 0.717) is 0 Å². The number of hydrogen-bond acceptors (Lipinski definition) is 0. The molecule has 0 heterocycles. The van der Waals surface area contributed by atoms with E-state index in [9.17, 15) is 0 Å². The molecule has 0 amide bonds. The molecule has 0 aromatic heterocycles. The van der Waals surface area contributed by atoms with E-state index in [1.807, 2.05) is 0 Å². The molecule has 4 heteroatoms. The Hall–Kier alpha value is 1.34. The van der Waals surface area contributed by atoms with Gasteiger partial charge in [-0.15, -0.1) is 0 Å². The first-order chi connectivity index (χ1) is 0. The molecule has 0 atom stereocenters. The van der Waals surface area contributed by atoms with E-state index >= 15 is 0 Å². The van der Waals surface area contributed by atoms with Crippen LogP contribution in [0.2, 0.25) is 0 Å². The van der Waals surface area contributed by atoms with Crippen LogP contribution in [0.15, 0.2) is 0 Å². The van der Waals surface area contributed by atoms with Crippen molar-refractivity contribution in [2.75, 3.05) is 0 Å². The molecule has 0 unspecified atom stereocenters. The topological polar surface area (TPSA) is 63.0 Å². The molecule has 0 radical (unpaired) electrons. The van der Waals surface area contributed by atoms with Gasteiger partial charge in [0, 0.05) is 26.2 Å². The minimum atomic E-state index is 0. The van der Waals surface area contributed by atoms with Crippen molar-refractivity contribution in [2.45, 2.75) is 0 Å². The van der Waals surface area contributed by atoms with Gasteiger partial charge in [0.1, 0.15) is 0 Å². The van der Waals surface area contributed by atoms with Crippen LogP contribution in [0.5, 0.6) is 0 Å². The summed E-state index contributed by atoms with van der Waals surface area (Å²) in [7, 11) is 0. The predicted molar refractivity (Wildman–Crippen MR) is 17.2 cm³/mol.